The van der Waals surface area contributed by atoms with Crippen molar-refractivity contribution in [2.75, 3.05) is 6.61 Å². The molecule has 0 unspecified atom stereocenters. The van der Waals surface area contributed by atoms with E-state index in [1.807, 2.05) is 30.5 Å². The zero-order valence-corrected chi connectivity index (χ0v) is 18.9. The summed E-state index contributed by atoms with van der Waals surface area (Å²) in [6, 6.07) is 12.2. The topological polar surface area (TPSA) is 97.6 Å². The second-order valence-corrected chi connectivity index (χ2v) is 8.98. The average molecular weight is 455 g/mol. The van der Waals surface area contributed by atoms with Crippen LogP contribution in [0.15, 0.2) is 59.6 Å². The fraction of sp³-hybridized carbons (Fsp3) is 0.292. The number of ether oxygens (including phenoxy) is 1. The first kappa shape index (κ1) is 23.4. The molecule has 1 heterocycles. The standard InChI is InChI=1S/C24H26N2O5S/c1-3-5-15-31-19-10-12-20(13-11-19)32(29,30)25-22(24(27)28)16-18-17-26(14-4-2)23-9-7-6-8-21(18)23/h6-13,17,22,25H,4,14-16H2,1-2H3,(H,27,28)/t22-/m0/s1. The van der Waals surface area contributed by atoms with E-state index in [0.717, 1.165) is 29.4 Å². The molecule has 0 bridgehead atoms. The number of fused-ring (bicyclic) bond motifs is 1. The van der Waals surface area contributed by atoms with Gasteiger partial charge in [-0.3, -0.25) is 4.79 Å². The summed E-state index contributed by atoms with van der Waals surface area (Å²) < 4.78 is 35.5. The van der Waals surface area contributed by atoms with Crippen molar-refractivity contribution in [3.8, 4) is 17.6 Å². The lowest BCUT2D eigenvalue weighted by Crippen LogP contribution is -2.42. The number of carboxylic acids is 1. The van der Waals surface area contributed by atoms with Crippen LogP contribution >= 0.6 is 0 Å². The third-order valence-electron chi connectivity index (χ3n) is 4.98. The minimum Gasteiger partial charge on any atom is -0.481 e. The first-order chi connectivity index (χ1) is 15.4. The molecule has 0 aliphatic rings. The molecule has 32 heavy (non-hydrogen) atoms. The van der Waals surface area contributed by atoms with Gasteiger partial charge in [-0.15, -0.1) is 5.92 Å². The summed E-state index contributed by atoms with van der Waals surface area (Å²) in [5.41, 5.74) is 1.78. The molecule has 0 spiro atoms. The highest BCUT2D eigenvalue weighted by molar-refractivity contribution is 7.89. The van der Waals surface area contributed by atoms with Gasteiger partial charge in [0, 0.05) is 30.1 Å². The molecule has 0 aliphatic heterocycles. The van der Waals surface area contributed by atoms with Crippen LogP contribution in [0.25, 0.3) is 10.9 Å². The number of aromatic nitrogens is 1. The number of para-hydroxylation sites is 1. The summed E-state index contributed by atoms with van der Waals surface area (Å²) in [6.45, 7) is 4.76. The summed E-state index contributed by atoms with van der Waals surface area (Å²) in [5, 5.41) is 10.6. The SMILES string of the molecule is CC#CCOc1ccc(S(=O)(=O)N[C@@H](Cc2cn(CCC)c3ccccc23)C(=O)O)cc1. The molecular formula is C24H26N2O5S. The van der Waals surface area contributed by atoms with Gasteiger partial charge in [0.25, 0.3) is 0 Å². The van der Waals surface area contributed by atoms with Crippen LogP contribution in [0.5, 0.6) is 5.75 Å². The fourth-order valence-corrected chi connectivity index (χ4v) is 4.66. The van der Waals surface area contributed by atoms with Crippen LogP contribution in [0.3, 0.4) is 0 Å². The second kappa shape index (κ2) is 10.4. The monoisotopic (exact) mass is 454 g/mol. The summed E-state index contributed by atoms with van der Waals surface area (Å²) in [6.07, 6.45) is 2.87. The van der Waals surface area contributed by atoms with E-state index in [1.165, 1.54) is 24.3 Å². The van der Waals surface area contributed by atoms with Gasteiger partial charge in [-0.05, 0) is 49.2 Å². The van der Waals surface area contributed by atoms with E-state index >= 15 is 0 Å². The molecule has 1 aromatic heterocycles. The summed E-state index contributed by atoms with van der Waals surface area (Å²) in [5.74, 6) is 4.70. The third kappa shape index (κ3) is 5.49. The molecule has 1 atom stereocenters. The Hall–Kier alpha value is -3.28. The van der Waals surface area contributed by atoms with E-state index in [0.29, 0.717) is 5.75 Å². The lowest BCUT2D eigenvalue weighted by molar-refractivity contribution is -0.138. The lowest BCUT2D eigenvalue weighted by atomic mass is 10.1. The third-order valence-corrected chi connectivity index (χ3v) is 6.46. The highest BCUT2D eigenvalue weighted by atomic mass is 32.2. The second-order valence-electron chi connectivity index (χ2n) is 7.27. The van der Waals surface area contributed by atoms with E-state index in [2.05, 4.69) is 28.1 Å². The van der Waals surface area contributed by atoms with Crippen LogP contribution in [0.2, 0.25) is 0 Å². The normalized spacial score (nSPS) is 12.2. The van der Waals surface area contributed by atoms with Crippen molar-refractivity contribution in [3.05, 3.63) is 60.3 Å². The Labute approximate surface area is 188 Å². The Morgan fingerprint density at radius 1 is 1.19 bits per heavy atom. The number of nitrogens with zero attached hydrogens (tertiary/aromatic N) is 1. The molecule has 3 aromatic rings. The zero-order valence-electron chi connectivity index (χ0n) is 18.0. The molecule has 7 nitrogen and oxygen atoms in total. The van der Waals surface area contributed by atoms with Crippen molar-refractivity contribution >= 4 is 26.9 Å². The van der Waals surface area contributed by atoms with Gasteiger partial charge in [-0.2, -0.15) is 4.72 Å². The van der Waals surface area contributed by atoms with E-state index in [4.69, 9.17) is 4.74 Å². The van der Waals surface area contributed by atoms with Crippen molar-refractivity contribution in [3.63, 3.8) is 0 Å². The van der Waals surface area contributed by atoms with E-state index in [-0.39, 0.29) is 17.9 Å². The van der Waals surface area contributed by atoms with Crippen LogP contribution < -0.4 is 9.46 Å². The molecular weight excluding hydrogens is 428 g/mol. The Morgan fingerprint density at radius 3 is 2.56 bits per heavy atom. The molecule has 0 saturated carbocycles. The van der Waals surface area contributed by atoms with E-state index in [1.54, 1.807) is 6.92 Å². The van der Waals surface area contributed by atoms with Gasteiger partial charge in [-0.1, -0.05) is 31.0 Å². The smallest absolute Gasteiger partial charge is 0.322 e. The fourth-order valence-electron chi connectivity index (χ4n) is 3.47. The number of rotatable bonds is 10. The molecule has 0 saturated heterocycles. The number of carboxylic acid groups (broad SMARTS) is 1. The number of sulfonamides is 1. The largest absolute Gasteiger partial charge is 0.481 e. The molecule has 8 heteroatoms. The predicted molar refractivity (Wildman–Crippen MR) is 123 cm³/mol. The Morgan fingerprint density at radius 2 is 1.91 bits per heavy atom. The van der Waals surface area contributed by atoms with Crippen molar-refractivity contribution in [1.82, 2.24) is 9.29 Å². The summed E-state index contributed by atoms with van der Waals surface area (Å²) >= 11 is 0. The van der Waals surface area contributed by atoms with Crippen molar-refractivity contribution in [1.29, 1.82) is 0 Å². The van der Waals surface area contributed by atoms with Crippen molar-refractivity contribution in [2.45, 2.75) is 44.2 Å². The number of hydrogen-bond acceptors (Lipinski definition) is 4. The molecule has 0 amide bonds. The first-order valence-electron chi connectivity index (χ1n) is 10.3. The first-order valence-corrected chi connectivity index (χ1v) is 11.8. The van der Waals surface area contributed by atoms with Gasteiger partial charge in [-0.25, -0.2) is 8.42 Å². The van der Waals surface area contributed by atoms with Crippen LogP contribution in [0.1, 0.15) is 25.8 Å². The van der Waals surface area contributed by atoms with E-state index < -0.39 is 22.0 Å². The Kier molecular flexibility index (Phi) is 7.57. The van der Waals surface area contributed by atoms with Crippen LogP contribution in [0.4, 0.5) is 0 Å². The molecule has 0 fully saturated rings. The maximum atomic E-state index is 12.8. The summed E-state index contributed by atoms with van der Waals surface area (Å²) in [4.78, 5) is 11.9. The average Bonchev–Trinajstić information content (AvgIpc) is 3.11. The minimum absolute atomic E-state index is 0.0304. The molecule has 2 aromatic carbocycles. The van der Waals surface area contributed by atoms with Crippen LogP contribution in [-0.2, 0) is 27.8 Å². The number of benzene rings is 2. The molecule has 0 aliphatic carbocycles. The van der Waals surface area contributed by atoms with Gasteiger partial charge >= 0.3 is 5.97 Å². The van der Waals surface area contributed by atoms with Gasteiger partial charge in [0.2, 0.25) is 10.0 Å². The molecule has 168 valence electrons. The number of aliphatic carboxylic acids is 1. The number of hydrogen-bond donors (Lipinski definition) is 2. The van der Waals surface area contributed by atoms with Gasteiger partial charge < -0.3 is 14.4 Å². The minimum atomic E-state index is -4.04. The molecule has 3 rings (SSSR count). The maximum absolute atomic E-state index is 12.8. The number of nitrogens with one attached hydrogen (secondary N) is 1. The maximum Gasteiger partial charge on any atom is 0.322 e. The number of carbonyl (C=O) groups is 1. The van der Waals surface area contributed by atoms with Gasteiger partial charge in [0.1, 0.15) is 18.4 Å². The molecule has 2 N–H and O–H groups in total. The van der Waals surface area contributed by atoms with Gasteiger partial charge in [0.05, 0.1) is 4.90 Å². The van der Waals surface area contributed by atoms with E-state index in [9.17, 15) is 18.3 Å². The Balaban J connectivity index is 1.81. The van der Waals surface area contributed by atoms with Crippen molar-refractivity contribution < 1.29 is 23.1 Å². The molecule has 0 radical (unpaired) electrons. The van der Waals surface area contributed by atoms with Crippen molar-refractivity contribution in [2.24, 2.45) is 0 Å². The quantitative estimate of drug-likeness (QED) is 0.458. The zero-order chi connectivity index (χ0) is 23.1. The van der Waals surface area contributed by atoms with Crippen LogP contribution in [-0.4, -0.2) is 36.7 Å². The number of aryl methyl sites for hydroxylation is 1. The Bertz CT molecular complexity index is 1250. The predicted octanol–water partition coefficient (Wildman–Crippen LogP) is 3.43. The highest BCUT2D eigenvalue weighted by Crippen LogP contribution is 2.24. The summed E-state index contributed by atoms with van der Waals surface area (Å²) in [7, 11) is -4.04. The highest BCUT2D eigenvalue weighted by Gasteiger charge is 2.27. The lowest BCUT2D eigenvalue weighted by Gasteiger charge is -2.15. The van der Waals surface area contributed by atoms with Gasteiger partial charge in [0.15, 0.2) is 0 Å². The van der Waals surface area contributed by atoms with Crippen LogP contribution in [0, 0.1) is 11.8 Å².